The van der Waals surface area contributed by atoms with Crippen molar-refractivity contribution in [2.24, 2.45) is 0 Å². The summed E-state index contributed by atoms with van der Waals surface area (Å²) in [5, 5.41) is 6.45. The predicted molar refractivity (Wildman–Crippen MR) is 48.4 cm³/mol. The Bertz CT molecular complexity index is 376. The molecule has 2 aromatic rings. The molecule has 2 aromatic heterocycles. The van der Waals surface area contributed by atoms with Crippen molar-refractivity contribution in [2.45, 2.75) is 7.43 Å². The van der Waals surface area contributed by atoms with Crippen molar-refractivity contribution < 1.29 is 9.21 Å². The van der Waals surface area contributed by atoms with Crippen molar-refractivity contribution in [3.8, 4) is 11.5 Å². The molecular weight excluding hydrogens is 168 g/mol. The minimum Gasteiger partial charge on any atom is -0.463 e. The minimum absolute atomic E-state index is 0. The Morgan fingerprint density at radius 2 is 2.38 bits per heavy atom. The summed E-state index contributed by atoms with van der Waals surface area (Å²) in [7, 11) is 0. The standard InChI is InChI=1S/C8H6N2O2.CH4/c11-5-6-4-7(10-9-6)8-2-1-3-12-8;/h1-5H,(H,9,10);1H4. The highest BCUT2D eigenvalue weighted by Crippen LogP contribution is 2.16. The molecule has 0 unspecified atom stereocenters. The van der Waals surface area contributed by atoms with Crippen molar-refractivity contribution in [1.29, 1.82) is 0 Å². The summed E-state index contributed by atoms with van der Waals surface area (Å²) >= 11 is 0. The molecule has 0 amide bonds. The lowest BCUT2D eigenvalue weighted by Crippen LogP contribution is -1.75. The van der Waals surface area contributed by atoms with Crippen LogP contribution in [0, 0.1) is 0 Å². The number of aromatic nitrogens is 2. The van der Waals surface area contributed by atoms with Crippen LogP contribution in [0.15, 0.2) is 28.9 Å². The lowest BCUT2D eigenvalue weighted by molar-refractivity contribution is 0.111. The molecule has 0 aromatic carbocycles. The maximum Gasteiger partial charge on any atom is 0.167 e. The Kier molecular flexibility index (Phi) is 2.64. The molecule has 0 aliphatic carbocycles. The van der Waals surface area contributed by atoms with Gasteiger partial charge in [0.1, 0.15) is 5.69 Å². The van der Waals surface area contributed by atoms with Crippen molar-refractivity contribution >= 4 is 6.29 Å². The zero-order chi connectivity index (χ0) is 8.39. The lowest BCUT2D eigenvalue weighted by atomic mass is 10.3. The molecule has 0 atom stereocenters. The Morgan fingerprint density at radius 1 is 1.54 bits per heavy atom. The highest BCUT2D eigenvalue weighted by molar-refractivity contribution is 5.74. The molecule has 0 aliphatic heterocycles. The summed E-state index contributed by atoms with van der Waals surface area (Å²) in [5.74, 6) is 0.652. The number of furan rings is 1. The Labute approximate surface area is 75.6 Å². The van der Waals surface area contributed by atoms with E-state index in [0.717, 1.165) is 0 Å². The molecule has 68 valence electrons. The topological polar surface area (TPSA) is 58.9 Å². The van der Waals surface area contributed by atoms with Gasteiger partial charge in [-0.25, -0.2) is 0 Å². The molecule has 0 saturated carbocycles. The molecule has 2 heterocycles. The first-order chi connectivity index (χ1) is 5.90. The summed E-state index contributed by atoms with van der Waals surface area (Å²) in [6, 6.07) is 5.18. The quantitative estimate of drug-likeness (QED) is 0.716. The van der Waals surface area contributed by atoms with Gasteiger partial charge in [0.25, 0.3) is 0 Å². The van der Waals surface area contributed by atoms with Crippen LogP contribution in [0.1, 0.15) is 17.9 Å². The number of aldehydes is 1. The van der Waals surface area contributed by atoms with Gasteiger partial charge in [0.05, 0.1) is 12.0 Å². The molecule has 0 bridgehead atoms. The van der Waals surface area contributed by atoms with Gasteiger partial charge in [-0.1, -0.05) is 7.43 Å². The third-order valence-electron chi connectivity index (χ3n) is 1.50. The molecule has 0 radical (unpaired) electrons. The molecule has 4 heteroatoms. The number of nitrogens with zero attached hydrogens (tertiary/aromatic N) is 1. The second-order valence-electron chi connectivity index (χ2n) is 2.30. The fourth-order valence-electron chi connectivity index (χ4n) is 0.948. The second kappa shape index (κ2) is 3.71. The Hall–Kier alpha value is -1.84. The van der Waals surface area contributed by atoms with Gasteiger partial charge in [0, 0.05) is 0 Å². The van der Waals surface area contributed by atoms with Crippen molar-refractivity contribution in [3.05, 3.63) is 30.2 Å². The van der Waals surface area contributed by atoms with Gasteiger partial charge in [-0.2, -0.15) is 5.10 Å². The normalized spacial score (nSPS) is 9.23. The van der Waals surface area contributed by atoms with Crippen LogP contribution in [0.3, 0.4) is 0 Å². The zero-order valence-corrected chi connectivity index (χ0v) is 6.15. The summed E-state index contributed by atoms with van der Waals surface area (Å²) in [6.45, 7) is 0. The van der Waals surface area contributed by atoms with Crippen LogP contribution in [0.25, 0.3) is 11.5 Å². The zero-order valence-electron chi connectivity index (χ0n) is 6.15. The van der Waals surface area contributed by atoms with Crippen molar-refractivity contribution in [2.75, 3.05) is 0 Å². The van der Waals surface area contributed by atoms with E-state index in [4.69, 9.17) is 4.42 Å². The van der Waals surface area contributed by atoms with Gasteiger partial charge in [-0.3, -0.25) is 9.89 Å². The van der Waals surface area contributed by atoms with Crippen molar-refractivity contribution in [1.82, 2.24) is 10.2 Å². The first-order valence-corrected chi connectivity index (χ1v) is 3.44. The molecule has 0 spiro atoms. The lowest BCUT2D eigenvalue weighted by Gasteiger charge is -1.83. The number of carbonyl (C=O) groups is 1. The predicted octanol–water partition coefficient (Wildman–Crippen LogP) is 2.12. The maximum atomic E-state index is 10.3. The molecule has 4 nitrogen and oxygen atoms in total. The third kappa shape index (κ3) is 1.66. The average Bonchev–Trinajstić information content (AvgIpc) is 2.75. The van der Waals surface area contributed by atoms with E-state index in [1.807, 2.05) is 0 Å². The highest BCUT2D eigenvalue weighted by atomic mass is 16.3. The smallest absolute Gasteiger partial charge is 0.167 e. The van der Waals surface area contributed by atoms with E-state index in [2.05, 4.69) is 10.2 Å². The summed E-state index contributed by atoms with van der Waals surface area (Å²) in [4.78, 5) is 10.3. The van der Waals surface area contributed by atoms with Crippen LogP contribution in [-0.2, 0) is 0 Å². The number of rotatable bonds is 2. The van der Waals surface area contributed by atoms with E-state index in [-0.39, 0.29) is 7.43 Å². The SMILES string of the molecule is C.O=Cc1cc(-c2ccco2)n[nH]1. The van der Waals surface area contributed by atoms with Gasteiger partial charge >= 0.3 is 0 Å². The molecule has 0 aliphatic rings. The van der Waals surface area contributed by atoms with Gasteiger partial charge in [0.15, 0.2) is 12.0 Å². The first-order valence-electron chi connectivity index (χ1n) is 3.44. The minimum atomic E-state index is 0. The molecular formula is C9H10N2O2. The fourth-order valence-corrected chi connectivity index (χ4v) is 0.948. The maximum absolute atomic E-state index is 10.3. The van der Waals surface area contributed by atoms with Gasteiger partial charge in [0.2, 0.25) is 0 Å². The number of aromatic amines is 1. The summed E-state index contributed by atoms with van der Waals surface area (Å²) in [5.41, 5.74) is 1.09. The molecule has 2 rings (SSSR count). The average molecular weight is 178 g/mol. The summed E-state index contributed by atoms with van der Waals surface area (Å²) in [6.07, 6.45) is 2.27. The molecule has 13 heavy (non-hydrogen) atoms. The Morgan fingerprint density at radius 3 is 2.92 bits per heavy atom. The van der Waals surface area contributed by atoms with Crippen LogP contribution < -0.4 is 0 Å². The molecule has 1 N–H and O–H groups in total. The fraction of sp³-hybridized carbons (Fsp3) is 0.111. The van der Waals surface area contributed by atoms with Crippen molar-refractivity contribution in [3.63, 3.8) is 0 Å². The first kappa shape index (κ1) is 9.25. The van der Waals surface area contributed by atoms with E-state index in [0.29, 0.717) is 23.4 Å². The van der Waals surface area contributed by atoms with Gasteiger partial charge in [-0.05, 0) is 18.2 Å². The molecule has 0 fully saturated rings. The van der Waals surface area contributed by atoms with E-state index in [1.54, 1.807) is 24.5 Å². The summed E-state index contributed by atoms with van der Waals surface area (Å²) < 4.78 is 5.08. The van der Waals surface area contributed by atoms with Crippen LogP contribution in [0.4, 0.5) is 0 Å². The molecule has 0 saturated heterocycles. The van der Waals surface area contributed by atoms with E-state index >= 15 is 0 Å². The number of carbonyl (C=O) groups excluding carboxylic acids is 1. The number of hydrogen-bond donors (Lipinski definition) is 1. The highest BCUT2D eigenvalue weighted by Gasteiger charge is 2.04. The van der Waals surface area contributed by atoms with E-state index in [9.17, 15) is 4.79 Å². The van der Waals surface area contributed by atoms with Crippen LogP contribution in [0.5, 0.6) is 0 Å². The monoisotopic (exact) mass is 178 g/mol. The largest absolute Gasteiger partial charge is 0.463 e. The van der Waals surface area contributed by atoms with Crippen LogP contribution >= 0.6 is 0 Å². The van der Waals surface area contributed by atoms with E-state index < -0.39 is 0 Å². The number of nitrogens with one attached hydrogen (secondary N) is 1. The number of hydrogen-bond acceptors (Lipinski definition) is 3. The van der Waals surface area contributed by atoms with Gasteiger partial charge in [-0.15, -0.1) is 0 Å². The van der Waals surface area contributed by atoms with Crippen LogP contribution in [-0.4, -0.2) is 16.5 Å². The van der Waals surface area contributed by atoms with Gasteiger partial charge < -0.3 is 4.42 Å². The number of H-pyrrole nitrogens is 1. The van der Waals surface area contributed by atoms with Crippen LogP contribution in [0.2, 0.25) is 0 Å². The second-order valence-corrected chi connectivity index (χ2v) is 2.30. The third-order valence-corrected chi connectivity index (χ3v) is 1.50. The Balaban J connectivity index is 0.000000845. The van der Waals surface area contributed by atoms with E-state index in [1.165, 1.54) is 0 Å².